The van der Waals surface area contributed by atoms with Crippen molar-refractivity contribution >= 4 is 0 Å². The van der Waals surface area contributed by atoms with Crippen LogP contribution in [0.2, 0.25) is 0 Å². The Morgan fingerprint density at radius 3 is 1.82 bits per heavy atom. The fraction of sp³-hybridized carbons (Fsp3) is 0.677. The molecule has 0 aliphatic heterocycles. The molecule has 1 aliphatic rings. The summed E-state index contributed by atoms with van der Waals surface area (Å²) in [6.07, 6.45) is 27.4. The number of unbranched alkanes of at least 4 members (excludes halogenated alkanes) is 7. The van der Waals surface area contributed by atoms with Crippen LogP contribution in [0.5, 0.6) is 0 Å². The monoisotopic (exact) mass is 448 g/mol. The third kappa shape index (κ3) is 9.59. The summed E-state index contributed by atoms with van der Waals surface area (Å²) in [7, 11) is 0. The first-order chi connectivity index (χ1) is 16.3. The molecule has 33 heavy (non-hydrogen) atoms. The lowest BCUT2D eigenvalue weighted by molar-refractivity contribution is 0.248. The zero-order chi connectivity index (χ0) is 23.1. The second-order valence-corrected chi connectivity index (χ2v) is 10.6. The second kappa shape index (κ2) is 15.3. The van der Waals surface area contributed by atoms with E-state index >= 15 is 0 Å². The van der Waals surface area contributed by atoms with E-state index in [0.29, 0.717) is 0 Å². The molecule has 2 heteroatoms. The predicted molar refractivity (Wildman–Crippen MR) is 142 cm³/mol. The first-order valence-corrected chi connectivity index (χ1v) is 14.2. The van der Waals surface area contributed by atoms with Crippen LogP contribution in [0.15, 0.2) is 36.7 Å². The molecule has 0 bridgehead atoms. The van der Waals surface area contributed by atoms with Gasteiger partial charge in [0.15, 0.2) is 5.82 Å². The molecule has 1 saturated carbocycles. The largest absolute Gasteiger partial charge is 0.236 e. The third-order valence-corrected chi connectivity index (χ3v) is 7.76. The number of hydrogen-bond donors (Lipinski definition) is 0. The molecule has 0 spiro atoms. The van der Waals surface area contributed by atoms with Crippen molar-refractivity contribution in [2.24, 2.45) is 11.8 Å². The lowest BCUT2D eigenvalue weighted by Gasteiger charge is -2.28. The Morgan fingerprint density at radius 1 is 0.606 bits per heavy atom. The summed E-state index contributed by atoms with van der Waals surface area (Å²) < 4.78 is 0. The SMILES string of the molecule is CCCCCCCC1CCC(CCc2cnc(-c3ccc(CCCCCC)cc3)nc2)CC1. The molecule has 1 aromatic heterocycles. The van der Waals surface area contributed by atoms with E-state index in [-0.39, 0.29) is 0 Å². The quantitative estimate of drug-likeness (QED) is 0.254. The van der Waals surface area contributed by atoms with Gasteiger partial charge in [-0.25, -0.2) is 9.97 Å². The van der Waals surface area contributed by atoms with Gasteiger partial charge in [-0.2, -0.15) is 0 Å². The highest BCUT2D eigenvalue weighted by Gasteiger charge is 2.20. The highest BCUT2D eigenvalue weighted by Crippen LogP contribution is 2.34. The van der Waals surface area contributed by atoms with Crippen molar-refractivity contribution in [1.82, 2.24) is 9.97 Å². The van der Waals surface area contributed by atoms with Gasteiger partial charge in [0.05, 0.1) is 0 Å². The highest BCUT2D eigenvalue weighted by molar-refractivity contribution is 5.55. The van der Waals surface area contributed by atoms with E-state index in [1.165, 1.54) is 114 Å². The van der Waals surface area contributed by atoms with E-state index < -0.39 is 0 Å². The molecule has 1 aromatic carbocycles. The summed E-state index contributed by atoms with van der Waals surface area (Å²) in [5.74, 6) is 2.77. The minimum atomic E-state index is 0.857. The molecule has 0 atom stereocenters. The van der Waals surface area contributed by atoms with Crippen LogP contribution in [0.3, 0.4) is 0 Å². The topological polar surface area (TPSA) is 25.8 Å². The maximum Gasteiger partial charge on any atom is 0.159 e. The number of aryl methyl sites for hydroxylation is 2. The van der Waals surface area contributed by atoms with Crippen molar-refractivity contribution in [3.8, 4) is 11.4 Å². The standard InChI is InChI=1S/C31H48N2/c1-3-5-7-9-11-13-26-14-16-28(17-15-26)18-19-29-24-32-31(33-25-29)30-22-20-27(21-23-30)12-10-8-6-4-2/h20-26,28H,3-19H2,1-2H3. The van der Waals surface area contributed by atoms with Gasteiger partial charge in [0.25, 0.3) is 0 Å². The van der Waals surface area contributed by atoms with Crippen LogP contribution in [-0.2, 0) is 12.8 Å². The molecular formula is C31H48N2. The minimum Gasteiger partial charge on any atom is -0.236 e. The molecule has 182 valence electrons. The van der Waals surface area contributed by atoms with Gasteiger partial charge >= 0.3 is 0 Å². The maximum atomic E-state index is 4.68. The molecule has 2 aromatic rings. The van der Waals surface area contributed by atoms with E-state index in [1.807, 2.05) is 0 Å². The molecule has 1 heterocycles. The van der Waals surface area contributed by atoms with Crippen molar-refractivity contribution in [3.63, 3.8) is 0 Å². The molecular weight excluding hydrogens is 400 g/mol. The van der Waals surface area contributed by atoms with Crippen molar-refractivity contribution in [2.45, 2.75) is 123 Å². The Labute approximate surface area is 204 Å². The summed E-state index contributed by atoms with van der Waals surface area (Å²) in [5, 5.41) is 0. The summed E-state index contributed by atoms with van der Waals surface area (Å²) in [6, 6.07) is 8.87. The Kier molecular flexibility index (Phi) is 12.0. The lowest BCUT2D eigenvalue weighted by atomic mass is 9.78. The van der Waals surface area contributed by atoms with Gasteiger partial charge < -0.3 is 0 Å². The van der Waals surface area contributed by atoms with Gasteiger partial charge in [0.1, 0.15) is 0 Å². The zero-order valence-electron chi connectivity index (χ0n) is 21.5. The van der Waals surface area contributed by atoms with Crippen LogP contribution in [0.1, 0.15) is 121 Å². The first-order valence-electron chi connectivity index (χ1n) is 14.2. The fourth-order valence-electron chi connectivity index (χ4n) is 5.43. The van der Waals surface area contributed by atoms with Gasteiger partial charge in [-0.1, -0.05) is 122 Å². The molecule has 1 fully saturated rings. The van der Waals surface area contributed by atoms with Gasteiger partial charge in [-0.15, -0.1) is 0 Å². The van der Waals surface area contributed by atoms with Crippen LogP contribution < -0.4 is 0 Å². The number of benzene rings is 1. The van der Waals surface area contributed by atoms with Gasteiger partial charge in [0, 0.05) is 18.0 Å². The van der Waals surface area contributed by atoms with Crippen molar-refractivity contribution in [1.29, 1.82) is 0 Å². The molecule has 1 aliphatic carbocycles. The fourth-order valence-corrected chi connectivity index (χ4v) is 5.43. The summed E-state index contributed by atoms with van der Waals surface area (Å²) >= 11 is 0. The van der Waals surface area contributed by atoms with E-state index in [0.717, 1.165) is 29.6 Å². The van der Waals surface area contributed by atoms with E-state index in [2.05, 4.69) is 60.5 Å². The minimum absolute atomic E-state index is 0.857. The average molecular weight is 449 g/mol. The number of nitrogens with zero attached hydrogens (tertiary/aromatic N) is 2. The summed E-state index contributed by atoms with van der Waals surface area (Å²) in [5.41, 5.74) is 3.86. The molecule has 0 radical (unpaired) electrons. The average Bonchev–Trinajstić information content (AvgIpc) is 2.87. The second-order valence-electron chi connectivity index (χ2n) is 10.6. The van der Waals surface area contributed by atoms with Crippen molar-refractivity contribution in [3.05, 3.63) is 47.8 Å². The molecule has 2 nitrogen and oxygen atoms in total. The van der Waals surface area contributed by atoms with E-state index in [4.69, 9.17) is 0 Å². The van der Waals surface area contributed by atoms with E-state index in [9.17, 15) is 0 Å². The van der Waals surface area contributed by atoms with Crippen LogP contribution in [0, 0.1) is 11.8 Å². The predicted octanol–water partition coefficient (Wildman–Crippen LogP) is 9.37. The van der Waals surface area contributed by atoms with Crippen LogP contribution in [0.25, 0.3) is 11.4 Å². The van der Waals surface area contributed by atoms with Crippen LogP contribution in [0.4, 0.5) is 0 Å². The van der Waals surface area contributed by atoms with Gasteiger partial charge in [-0.3, -0.25) is 0 Å². The Balaban J connectivity index is 1.35. The molecule has 0 amide bonds. The normalized spacial score (nSPS) is 18.5. The number of aromatic nitrogens is 2. The third-order valence-electron chi connectivity index (χ3n) is 7.76. The highest BCUT2D eigenvalue weighted by atomic mass is 14.9. The molecule has 0 N–H and O–H groups in total. The Bertz CT molecular complexity index is 741. The zero-order valence-corrected chi connectivity index (χ0v) is 21.5. The smallest absolute Gasteiger partial charge is 0.159 e. The van der Waals surface area contributed by atoms with E-state index in [1.54, 1.807) is 0 Å². The molecule has 3 rings (SSSR count). The Morgan fingerprint density at radius 2 is 1.18 bits per heavy atom. The molecule has 0 saturated heterocycles. The summed E-state index contributed by atoms with van der Waals surface area (Å²) in [4.78, 5) is 9.37. The van der Waals surface area contributed by atoms with Crippen LogP contribution in [-0.4, -0.2) is 9.97 Å². The maximum absolute atomic E-state index is 4.68. The first kappa shape index (κ1) is 25.9. The van der Waals surface area contributed by atoms with Crippen LogP contribution >= 0.6 is 0 Å². The molecule has 0 unspecified atom stereocenters. The Hall–Kier alpha value is -1.70. The number of rotatable bonds is 15. The van der Waals surface area contributed by atoms with Gasteiger partial charge in [0.2, 0.25) is 0 Å². The van der Waals surface area contributed by atoms with Crippen molar-refractivity contribution < 1.29 is 0 Å². The lowest BCUT2D eigenvalue weighted by Crippen LogP contribution is -2.15. The van der Waals surface area contributed by atoms with Crippen molar-refractivity contribution in [2.75, 3.05) is 0 Å². The van der Waals surface area contributed by atoms with Gasteiger partial charge in [-0.05, 0) is 48.6 Å². The summed E-state index contributed by atoms with van der Waals surface area (Å²) in [6.45, 7) is 4.57. The number of hydrogen-bond acceptors (Lipinski definition) is 2.